The van der Waals surface area contributed by atoms with Gasteiger partial charge in [0.25, 0.3) is 5.91 Å². The van der Waals surface area contributed by atoms with Crippen LogP contribution in [0.1, 0.15) is 34.3 Å². The van der Waals surface area contributed by atoms with Gasteiger partial charge in [-0.3, -0.25) is 4.79 Å². The van der Waals surface area contributed by atoms with E-state index in [2.05, 4.69) is 0 Å². The van der Waals surface area contributed by atoms with E-state index in [1.54, 1.807) is 12.1 Å². The summed E-state index contributed by atoms with van der Waals surface area (Å²) in [5.41, 5.74) is -0.871. The van der Waals surface area contributed by atoms with Gasteiger partial charge in [-0.15, -0.1) is 0 Å². The average molecular weight is 568 g/mol. The van der Waals surface area contributed by atoms with Crippen LogP contribution in [0, 0.1) is 5.82 Å². The molecule has 1 fully saturated rings. The third-order valence-electron chi connectivity index (χ3n) is 6.09. The molecule has 0 spiro atoms. The second kappa shape index (κ2) is 11.6. The van der Waals surface area contributed by atoms with Crippen molar-refractivity contribution in [1.82, 2.24) is 4.90 Å². The van der Waals surface area contributed by atoms with E-state index in [1.165, 1.54) is 42.3 Å². The first-order chi connectivity index (χ1) is 18.5. The van der Waals surface area contributed by atoms with Gasteiger partial charge in [0.15, 0.2) is 11.5 Å². The largest absolute Gasteiger partial charge is 0.493 e. The molecule has 1 atom stereocenters. The molecule has 1 saturated heterocycles. The quantitative estimate of drug-likeness (QED) is 0.253. The minimum absolute atomic E-state index is 0.000377. The fourth-order valence-electron chi connectivity index (χ4n) is 4.16. The van der Waals surface area contributed by atoms with E-state index in [9.17, 15) is 30.8 Å². The molecule has 3 aromatic rings. The van der Waals surface area contributed by atoms with Crippen molar-refractivity contribution in [1.29, 1.82) is 0 Å². The van der Waals surface area contributed by atoms with Gasteiger partial charge >= 0.3 is 16.3 Å². The Morgan fingerprint density at radius 2 is 1.82 bits per heavy atom. The van der Waals surface area contributed by atoms with E-state index < -0.39 is 38.5 Å². The number of halogens is 4. The number of nitrogens with zero attached hydrogens (tertiary/aromatic N) is 1. The normalized spacial score (nSPS) is 15.7. The minimum Gasteiger partial charge on any atom is -0.493 e. The number of hydrogen-bond donors (Lipinski definition) is 0. The van der Waals surface area contributed by atoms with Gasteiger partial charge in [0.2, 0.25) is 0 Å². The maximum Gasteiger partial charge on any atom is 0.416 e. The molecule has 0 aliphatic carbocycles. The number of alkyl halides is 3. The molecule has 0 unspecified atom stereocenters. The molecule has 0 N–H and O–H groups in total. The van der Waals surface area contributed by atoms with Crippen LogP contribution in [-0.2, 0) is 27.6 Å². The number of amides is 1. The van der Waals surface area contributed by atoms with Gasteiger partial charge in [-0.1, -0.05) is 24.3 Å². The van der Waals surface area contributed by atoms with Crippen LogP contribution in [-0.4, -0.2) is 45.6 Å². The van der Waals surface area contributed by atoms with Gasteiger partial charge in [0.1, 0.15) is 10.7 Å². The zero-order chi connectivity index (χ0) is 28.2. The van der Waals surface area contributed by atoms with Gasteiger partial charge in [-0.2, -0.15) is 21.6 Å². The molecule has 0 saturated carbocycles. The summed E-state index contributed by atoms with van der Waals surface area (Å²) in [6.45, 7) is 0.648. The summed E-state index contributed by atoms with van der Waals surface area (Å²) in [5, 5.41) is 0. The lowest BCUT2D eigenvalue weighted by Crippen LogP contribution is -2.37. The molecule has 0 bridgehead atoms. The average Bonchev–Trinajstić information content (AvgIpc) is 3.41. The Labute approximate surface area is 223 Å². The Hall–Kier alpha value is -3.64. The SMILES string of the molecule is COc1ccc(CN(C[C@@H]2CCCO2)C(=O)c2ccccc2F)cc1OS(=O)(=O)c1cccc(C(F)(F)F)c1. The Bertz CT molecular complexity index is 1440. The first kappa shape index (κ1) is 28.4. The number of benzene rings is 3. The molecule has 39 heavy (non-hydrogen) atoms. The van der Waals surface area contributed by atoms with Crippen LogP contribution in [0.2, 0.25) is 0 Å². The smallest absolute Gasteiger partial charge is 0.416 e. The molecule has 7 nitrogen and oxygen atoms in total. The maximum absolute atomic E-state index is 14.4. The van der Waals surface area contributed by atoms with E-state index in [0.29, 0.717) is 24.7 Å². The number of carbonyl (C=O) groups is 1. The summed E-state index contributed by atoms with van der Waals surface area (Å²) < 4.78 is 95.5. The minimum atomic E-state index is -4.75. The molecule has 1 heterocycles. The van der Waals surface area contributed by atoms with Crippen LogP contribution in [0.3, 0.4) is 0 Å². The van der Waals surface area contributed by atoms with Crippen LogP contribution in [0.4, 0.5) is 17.6 Å². The number of carbonyl (C=O) groups excluding carboxylic acids is 1. The Balaban J connectivity index is 1.63. The number of rotatable bonds is 9. The number of methoxy groups -OCH3 is 1. The van der Waals surface area contributed by atoms with Crippen molar-refractivity contribution < 1.29 is 44.4 Å². The summed E-state index contributed by atoms with van der Waals surface area (Å²) in [6, 6.07) is 13.0. The van der Waals surface area contributed by atoms with Crippen LogP contribution in [0.5, 0.6) is 11.5 Å². The van der Waals surface area contributed by atoms with Crippen molar-refractivity contribution >= 4 is 16.0 Å². The molecule has 208 valence electrons. The van der Waals surface area contributed by atoms with Gasteiger partial charge in [0.05, 0.1) is 24.3 Å². The van der Waals surface area contributed by atoms with Crippen molar-refractivity contribution in [2.24, 2.45) is 0 Å². The summed E-state index contributed by atoms with van der Waals surface area (Å²) in [7, 11) is -3.42. The highest BCUT2D eigenvalue weighted by molar-refractivity contribution is 7.87. The zero-order valence-corrected chi connectivity index (χ0v) is 21.6. The molecule has 1 aliphatic heterocycles. The predicted octanol–water partition coefficient (Wildman–Crippen LogP) is 5.44. The third-order valence-corrected chi connectivity index (χ3v) is 7.32. The van der Waals surface area contributed by atoms with Gasteiger partial charge in [-0.25, -0.2) is 4.39 Å². The monoisotopic (exact) mass is 567 g/mol. The van der Waals surface area contributed by atoms with Crippen LogP contribution < -0.4 is 8.92 Å². The molecule has 3 aromatic carbocycles. The van der Waals surface area contributed by atoms with Gasteiger partial charge in [0, 0.05) is 19.7 Å². The number of hydrogen-bond acceptors (Lipinski definition) is 6. The molecule has 0 radical (unpaired) electrons. The molecular formula is C27H25F4NO6S. The highest BCUT2D eigenvalue weighted by atomic mass is 32.2. The predicted molar refractivity (Wildman–Crippen MR) is 132 cm³/mol. The van der Waals surface area contributed by atoms with Gasteiger partial charge in [-0.05, 0) is 60.9 Å². The maximum atomic E-state index is 14.4. The first-order valence-corrected chi connectivity index (χ1v) is 13.3. The fourth-order valence-corrected chi connectivity index (χ4v) is 5.14. The van der Waals surface area contributed by atoms with Crippen molar-refractivity contribution in [3.8, 4) is 11.5 Å². The van der Waals surface area contributed by atoms with Crippen molar-refractivity contribution in [2.75, 3.05) is 20.3 Å². The molecule has 12 heteroatoms. The van der Waals surface area contributed by atoms with Crippen LogP contribution >= 0.6 is 0 Å². The first-order valence-electron chi connectivity index (χ1n) is 11.9. The topological polar surface area (TPSA) is 82.1 Å². The highest BCUT2D eigenvalue weighted by Crippen LogP contribution is 2.34. The van der Waals surface area contributed by atoms with E-state index in [1.807, 2.05) is 0 Å². The number of ether oxygens (including phenoxy) is 2. The van der Waals surface area contributed by atoms with Crippen molar-refractivity contribution in [3.05, 3.63) is 89.2 Å². The molecule has 0 aromatic heterocycles. The van der Waals surface area contributed by atoms with Crippen molar-refractivity contribution in [2.45, 2.75) is 36.6 Å². The fraction of sp³-hybridized carbons (Fsp3) is 0.296. The second-order valence-electron chi connectivity index (χ2n) is 8.85. The zero-order valence-electron chi connectivity index (χ0n) is 20.8. The Morgan fingerprint density at radius 3 is 2.49 bits per heavy atom. The lowest BCUT2D eigenvalue weighted by Gasteiger charge is -2.26. The van der Waals surface area contributed by atoms with E-state index >= 15 is 0 Å². The molecule has 4 rings (SSSR count). The van der Waals surface area contributed by atoms with E-state index in [4.69, 9.17) is 13.7 Å². The summed E-state index contributed by atoms with van der Waals surface area (Å²) in [6.07, 6.45) is -3.47. The van der Waals surface area contributed by atoms with E-state index in [0.717, 1.165) is 24.6 Å². The summed E-state index contributed by atoms with van der Waals surface area (Å²) in [5.74, 6) is -1.56. The van der Waals surface area contributed by atoms with Gasteiger partial charge < -0.3 is 18.6 Å². The van der Waals surface area contributed by atoms with Crippen LogP contribution in [0.15, 0.2) is 71.6 Å². The molecular weight excluding hydrogens is 542 g/mol. The molecule has 1 amide bonds. The Kier molecular flexibility index (Phi) is 8.45. The lowest BCUT2D eigenvalue weighted by molar-refractivity contribution is -0.137. The highest BCUT2D eigenvalue weighted by Gasteiger charge is 2.32. The van der Waals surface area contributed by atoms with Crippen LogP contribution in [0.25, 0.3) is 0 Å². The van der Waals surface area contributed by atoms with E-state index in [-0.39, 0.29) is 36.3 Å². The molecule has 1 aliphatic rings. The van der Waals surface area contributed by atoms with Crippen molar-refractivity contribution in [3.63, 3.8) is 0 Å². The third kappa shape index (κ3) is 6.87. The Morgan fingerprint density at radius 1 is 1.05 bits per heavy atom. The summed E-state index contributed by atoms with van der Waals surface area (Å²) >= 11 is 0. The standard InChI is InChI=1S/C27H25F4NO6S/c1-36-24-12-11-18(14-25(24)38-39(34,35)21-8-4-6-19(15-21)27(29,30)31)16-32(17-20-7-5-13-37-20)26(33)22-9-2-3-10-23(22)28/h2-4,6,8-12,14-15,20H,5,7,13,16-17H2,1H3/t20-/m0/s1. The lowest BCUT2D eigenvalue weighted by atomic mass is 10.1. The second-order valence-corrected chi connectivity index (χ2v) is 10.4. The summed E-state index contributed by atoms with van der Waals surface area (Å²) in [4.78, 5) is 14.0.